The number of imidazole rings is 1. The molecule has 1 aliphatic carbocycles. The predicted octanol–water partition coefficient (Wildman–Crippen LogP) is 5.56. The van der Waals surface area contributed by atoms with Gasteiger partial charge >= 0.3 is 12.4 Å². The lowest BCUT2D eigenvalue weighted by atomic mass is 9.95. The Kier molecular flexibility index (Phi) is 6.92. The summed E-state index contributed by atoms with van der Waals surface area (Å²) in [5.41, 5.74) is 0.510. The number of anilines is 3. The van der Waals surface area contributed by atoms with Crippen molar-refractivity contribution < 1.29 is 36.2 Å². The maximum atomic E-state index is 13.8. The van der Waals surface area contributed by atoms with Gasteiger partial charge in [-0.1, -0.05) is 6.07 Å². The summed E-state index contributed by atoms with van der Waals surface area (Å²) in [6, 6.07) is 7.03. The van der Waals surface area contributed by atoms with Crippen LogP contribution in [0.2, 0.25) is 0 Å². The number of hydrogen-bond donors (Lipinski definition) is 3. The Morgan fingerprint density at radius 3 is 2.38 bits per heavy atom. The summed E-state index contributed by atoms with van der Waals surface area (Å²) in [4.78, 5) is 18.4. The molecule has 2 aliphatic rings. The molecule has 0 unspecified atom stereocenters. The van der Waals surface area contributed by atoms with Crippen LogP contribution in [0.1, 0.15) is 42.4 Å². The zero-order valence-electron chi connectivity index (χ0n) is 21.9. The fourth-order valence-electron chi connectivity index (χ4n) is 5.10. The summed E-state index contributed by atoms with van der Waals surface area (Å²) in [6.45, 7) is 2.25. The molecule has 7 nitrogen and oxygen atoms in total. The van der Waals surface area contributed by atoms with E-state index in [1.165, 1.54) is 12.1 Å². The topological polar surface area (TPSA) is 82.4 Å². The van der Waals surface area contributed by atoms with Crippen molar-refractivity contribution in [2.75, 3.05) is 23.3 Å². The average molecular weight is 570 g/mol. The van der Waals surface area contributed by atoms with E-state index in [1.54, 1.807) is 23.7 Å². The minimum atomic E-state index is -4.66. The third kappa shape index (κ3) is 5.56. The van der Waals surface area contributed by atoms with Crippen molar-refractivity contribution >= 4 is 34.3 Å². The normalized spacial score (nSPS) is 17.8. The molecule has 1 saturated heterocycles. The largest absolute Gasteiger partial charge is 0.418 e. The highest BCUT2D eigenvalue weighted by molar-refractivity contribution is 5.88. The lowest BCUT2D eigenvalue weighted by Gasteiger charge is -2.35. The fraction of sp³-hybridized carbons (Fsp3) is 0.481. The molecule has 0 bridgehead atoms. The Morgan fingerprint density at radius 1 is 1.10 bits per heavy atom. The molecule has 3 N–H and O–H groups in total. The highest BCUT2D eigenvalue weighted by atomic mass is 19.4. The molecule has 13 heteroatoms. The second-order valence-corrected chi connectivity index (χ2v) is 10.6. The third-order valence-corrected chi connectivity index (χ3v) is 7.73. The Hall–Kier alpha value is -3.48. The van der Waals surface area contributed by atoms with Crippen LogP contribution in [0.4, 0.5) is 43.7 Å². The lowest BCUT2D eigenvalue weighted by molar-refractivity contribution is -0.179. The summed E-state index contributed by atoms with van der Waals surface area (Å²) >= 11 is 0. The minimum Gasteiger partial charge on any atom is -0.380 e. The van der Waals surface area contributed by atoms with Crippen LogP contribution >= 0.6 is 0 Å². The molecule has 1 amide bonds. The first-order valence-electron chi connectivity index (χ1n) is 12.9. The first-order chi connectivity index (χ1) is 18.7. The van der Waals surface area contributed by atoms with Gasteiger partial charge < -0.3 is 25.2 Å². The van der Waals surface area contributed by atoms with Crippen LogP contribution in [0.15, 0.2) is 30.3 Å². The second-order valence-electron chi connectivity index (χ2n) is 10.6. The fourth-order valence-corrected chi connectivity index (χ4v) is 5.10. The molecule has 2 aromatic carbocycles. The zero-order valence-corrected chi connectivity index (χ0v) is 21.9. The minimum absolute atomic E-state index is 0.00449. The van der Waals surface area contributed by atoms with E-state index in [-0.39, 0.29) is 44.1 Å². The van der Waals surface area contributed by atoms with E-state index in [2.05, 4.69) is 15.6 Å². The molecule has 0 spiro atoms. The number of benzene rings is 2. The van der Waals surface area contributed by atoms with Crippen LogP contribution in [0, 0.1) is 12.8 Å². The maximum absolute atomic E-state index is 13.8. The number of piperidine rings is 1. The number of carbonyl (C=O) groups excluding carboxylic acids is 1. The molecular weight excluding hydrogens is 540 g/mol. The van der Waals surface area contributed by atoms with Gasteiger partial charge in [0.2, 0.25) is 5.95 Å². The van der Waals surface area contributed by atoms with Gasteiger partial charge in [0.15, 0.2) is 0 Å². The van der Waals surface area contributed by atoms with Crippen LogP contribution in [-0.4, -0.2) is 45.4 Å². The molecule has 5 rings (SSSR count). The summed E-state index contributed by atoms with van der Waals surface area (Å²) < 4.78 is 82.4. The van der Waals surface area contributed by atoms with Crippen LogP contribution in [0.5, 0.6) is 0 Å². The van der Waals surface area contributed by atoms with Crippen molar-refractivity contribution in [3.05, 3.63) is 47.0 Å². The molecule has 1 aliphatic heterocycles. The molecule has 3 aromatic rings. The highest BCUT2D eigenvalue weighted by Crippen LogP contribution is 2.39. The molecule has 0 atom stereocenters. The van der Waals surface area contributed by atoms with Gasteiger partial charge in [0.1, 0.15) is 5.60 Å². The van der Waals surface area contributed by atoms with Crippen molar-refractivity contribution in [2.45, 2.75) is 57.1 Å². The predicted molar refractivity (Wildman–Crippen MR) is 137 cm³/mol. The average Bonchev–Trinajstić information content (AvgIpc) is 3.57. The number of alkyl halides is 6. The molecule has 2 heterocycles. The van der Waals surface area contributed by atoms with Crippen molar-refractivity contribution in [1.29, 1.82) is 0 Å². The van der Waals surface area contributed by atoms with Gasteiger partial charge in [-0.05, 0) is 68.0 Å². The second kappa shape index (κ2) is 9.86. The van der Waals surface area contributed by atoms with Crippen LogP contribution in [-0.2, 0) is 24.6 Å². The van der Waals surface area contributed by atoms with Crippen molar-refractivity contribution in [3.63, 3.8) is 0 Å². The van der Waals surface area contributed by atoms with E-state index in [1.807, 2.05) is 11.8 Å². The number of amides is 1. The Balaban J connectivity index is 1.41. The van der Waals surface area contributed by atoms with Crippen molar-refractivity contribution in [3.8, 4) is 0 Å². The van der Waals surface area contributed by atoms with E-state index in [0.29, 0.717) is 29.4 Å². The number of nitrogens with one attached hydrogen (secondary N) is 2. The molecule has 0 radical (unpaired) electrons. The molecule has 2 fully saturated rings. The smallest absolute Gasteiger partial charge is 0.380 e. The number of nitrogens with zero attached hydrogens (tertiary/aromatic N) is 3. The quantitative estimate of drug-likeness (QED) is 0.339. The monoisotopic (exact) mass is 569 g/mol. The van der Waals surface area contributed by atoms with E-state index in [9.17, 15) is 36.2 Å². The Bertz CT molecular complexity index is 1440. The van der Waals surface area contributed by atoms with Crippen LogP contribution in [0.3, 0.4) is 0 Å². The number of rotatable bonds is 6. The maximum Gasteiger partial charge on any atom is 0.418 e. The number of halogens is 6. The van der Waals surface area contributed by atoms with Gasteiger partial charge in [0.25, 0.3) is 5.91 Å². The number of aromatic nitrogens is 2. The molecule has 1 saturated carbocycles. The summed E-state index contributed by atoms with van der Waals surface area (Å²) in [6.07, 6.45) is -8.20. The van der Waals surface area contributed by atoms with E-state index in [4.69, 9.17) is 0 Å². The Labute approximate surface area is 226 Å². The third-order valence-electron chi connectivity index (χ3n) is 7.73. The van der Waals surface area contributed by atoms with Gasteiger partial charge in [0, 0.05) is 32.4 Å². The summed E-state index contributed by atoms with van der Waals surface area (Å²) in [7, 11) is 1.64. The number of aryl methyl sites for hydroxylation is 2. The van der Waals surface area contributed by atoms with Gasteiger partial charge in [0.05, 0.1) is 28.2 Å². The molecule has 1 aromatic heterocycles. The number of carbonyl (C=O) groups is 1. The number of fused-ring (bicyclic) bond motifs is 1. The van der Waals surface area contributed by atoms with E-state index >= 15 is 0 Å². The van der Waals surface area contributed by atoms with Crippen molar-refractivity contribution in [2.24, 2.45) is 13.0 Å². The molecular formula is C27H29F6N5O2. The number of aliphatic hydroxyl groups is 1. The number of hydrogen-bond acceptors (Lipinski definition) is 5. The highest BCUT2D eigenvalue weighted by Gasteiger charge is 2.48. The van der Waals surface area contributed by atoms with Gasteiger partial charge in [-0.3, -0.25) is 4.79 Å². The standard InChI is InChI=1S/C27H29F6N5O2/c1-15-11-20-22(13-21(15)38-9-5-17(6-10-38)26(28,29)30)37(2)24(36-20)35-19-12-16(3-4-18(19)27(31,32)33)14-34-23(39)25(40)7-8-25/h3-4,11-13,17,40H,5-10,14H2,1-2H3,(H,34,39)(H,35,36). The molecule has 40 heavy (non-hydrogen) atoms. The van der Waals surface area contributed by atoms with Gasteiger partial charge in [-0.25, -0.2) is 4.98 Å². The van der Waals surface area contributed by atoms with Crippen LogP contribution < -0.4 is 15.5 Å². The SMILES string of the molecule is Cc1cc2nc(Nc3cc(CNC(=O)C4(O)CC4)ccc3C(F)(F)F)n(C)c2cc1N1CCC(C(F)(F)F)CC1. The first kappa shape index (κ1) is 28.1. The first-order valence-corrected chi connectivity index (χ1v) is 12.9. The molecule has 216 valence electrons. The van der Waals surface area contributed by atoms with E-state index in [0.717, 1.165) is 17.3 Å². The van der Waals surface area contributed by atoms with Crippen LogP contribution in [0.25, 0.3) is 11.0 Å². The van der Waals surface area contributed by atoms with Gasteiger partial charge in [-0.15, -0.1) is 0 Å². The Morgan fingerprint density at radius 2 is 1.77 bits per heavy atom. The van der Waals surface area contributed by atoms with Gasteiger partial charge in [-0.2, -0.15) is 26.3 Å². The van der Waals surface area contributed by atoms with E-state index < -0.39 is 35.3 Å². The summed E-state index contributed by atoms with van der Waals surface area (Å²) in [5, 5.41) is 15.2. The van der Waals surface area contributed by atoms with Crippen molar-refractivity contribution in [1.82, 2.24) is 14.9 Å². The zero-order chi connectivity index (χ0) is 29.0. The lowest BCUT2D eigenvalue weighted by Crippen LogP contribution is -2.39. The summed E-state index contributed by atoms with van der Waals surface area (Å²) in [5.74, 6) is -1.75.